The Labute approximate surface area is 111 Å². The quantitative estimate of drug-likeness (QED) is 0.635. The standard InChI is InChI=1S/C12H15NO3S2/c1-3-8-13-12(14)9-17-10-6-4-5-7-11(10)18(2,15)16/h3-7H,1,8-9H2,2H3,(H,13,14). The smallest absolute Gasteiger partial charge is 0.230 e. The van der Waals surface area contributed by atoms with Crippen LogP contribution in [0.4, 0.5) is 0 Å². The van der Waals surface area contributed by atoms with Crippen LogP contribution in [0, 0.1) is 0 Å². The van der Waals surface area contributed by atoms with E-state index in [4.69, 9.17) is 0 Å². The van der Waals surface area contributed by atoms with Gasteiger partial charge in [0.2, 0.25) is 5.91 Å². The molecule has 0 spiro atoms. The van der Waals surface area contributed by atoms with Crippen LogP contribution in [0.3, 0.4) is 0 Å². The molecular weight excluding hydrogens is 270 g/mol. The van der Waals surface area contributed by atoms with Crippen molar-refractivity contribution >= 4 is 27.5 Å². The maximum Gasteiger partial charge on any atom is 0.230 e. The Balaban J connectivity index is 2.74. The molecule has 0 saturated heterocycles. The molecule has 6 heteroatoms. The van der Waals surface area contributed by atoms with Gasteiger partial charge in [0, 0.05) is 17.7 Å². The average molecular weight is 285 g/mol. The zero-order valence-corrected chi connectivity index (χ0v) is 11.7. The predicted octanol–water partition coefficient (Wildman–Crippen LogP) is 1.48. The van der Waals surface area contributed by atoms with Gasteiger partial charge in [-0.3, -0.25) is 4.79 Å². The molecule has 0 aromatic heterocycles. The van der Waals surface area contributed by atoms with E-state index in [1.807, 2.05) is 0 Å². The summed E-state index contributed by atoms with van der Waals surface area (Å²) in [5.74, 6) is 0.0311. The lowest BCUT2D eigenvalue weighted by Crippen LogP contribution is -2.24. The van der Waals surface area contributed by atoms with Gasteiger partial charge in [0.1, 0.15) is 0 Å². The molecular formula is C12H15NO3S2. The molecule has 1 aromatic rings. The van der Waals surface area contributed by atoms with E-state index in [2.05, 4.69) is 11.9 Å². The number of rotatable bonds is 6. The van der Waals surface area contributed by atoms with E-state index >= 15 is 0 Å². The number of thioether (sulfide) groups is 1. The minimum atomic E-state index is -3.27. The van der Waals surface area contributed by atoms with Crippen LogP contribution >= 0.6 is 11.8 Å². The second kappa shape index (κ2) is 6.61. The van der Waals surface area contributed by atoms with Crippen molar-refractivity contribution in [1.82, 2.24) is 5.32 Å². The number of amides is 1. The highest BCUT2D eigenvalue weighted by Crippen LogP contribution is 2.25. The van der Waals surface area contributed by atoms with Gasteiger partial charge in [0.05, 0.1) is 10.6 Å². The van der Waals surface area contributed by atoms with Gasteiger partial charge in [-0.15, -0.1) is 18.3 Å². The van der Waals surface area contributed by atoms with Crippen molar-refractivity contribution < 1.29 is 13.2 Å². The Bertz CT molecular complexity index is 538. The minimum absolute atomic E-state index is 0.150. The number of carbonyl (C=O) groups is 1. The molecule has 1 N–H and O–H groups in total. The van der Waals surface area contributed by atoms with Gasteiger partial charge in [-0.05, 0) is 12.1 Å². The zero-order valence-electron chi connectivity index (χ0n) is 10.0. The highest BCUT2D eigenvalue weighted by atomic mass is 32.2. The summed E-state index contributed by atoms with van der Waals surface area (Å²) in [6.45, 7) is 3.91. The van der Waals surface area contributed by atoms with E-state index in [-0.39, 0.29) is 16.6 Å². The normalized spacial score (nSPS) is 10.9. The highest BCUT2D eigenvalue weighted by Gasteiger charge is 2.13. The molecule has 0 aliphatic carbocycles. The van der Waals surface area contributed by atoms with E-state index < -0.39 is 9.84 Å². The Hall–Kier alpha value is -1.27. The third kappa shape index (κ3) is 4.54. The number of benzene rings is 1. The van der Waals surface area contributed by atoms with Gasteiger partial charge >= 0.3 is 0 Å². The number of carbonyl (C=O) groups excluding carboxylic acids is 1. The summed E-state index contributed by atoms with van der Waals surface area (Å²) in [4.78, 5) is 12.3. The van der Waals surface area contributed by atoms with Crippen LogP contribution < -0.4 is 5.32 Å². The zero-order chi connectivity index (χ0) is 13.6. The fraction of sp³-hybridized carbons (Fsp3) is 0.250. The molecule has 18 heavy (non-hydrogen) atoms. The molecule has 0 aliphatic rings. The van der Waals surface area contributed by atoms with Crippen LogP contribution in [0.2, 0.25) is 0 Å². The monoisotopic (exact) mass is 285 g/mol. The summed E-state index contributed by atoms with van der Waals surface area (Å²) >= 11 is 1.21. The van der Waals surface area contributed by atoms with E-state index in [0.29, 0.717) is 11.4 Å². The van der Waals surface area contributed by atoms with Gasteiger partial charge in [-0.2, -0.15) is 0 Å². The van der Waals surface area contributed by atoms with Crippen molar-refractivity contribution in [2.75, 3.05) is 18.6 Å². The molecule has 0 saturated carbocycles. The van der Waals surface area contributed by atoms with Gasteiger partial charge < -0.3 is 5.32 Å². The second-order valence-corrected chi connectivity index (χ2v) is 6.60. The molecule has 0 unspecified atom stereocenters. The predicted molar refractivity (Wildman–Crippen MR) is 73.5 cm³/mol. The Morgan fingerprint density at radius 3 is 2.72 bits per heavy atom. The third-order valence-corrected chi connectivity index (χ3v) is 4.41. The molecule has 0 atom stereocenters. The first kappa shape index (κ1) is 14.8. The first-order valence-electron chi connectivity index (χ1n) is 5.24. The maximum atomic E-state index is 11.5. The fourth-order valence-electron chi connectivity index (χ4n) is 1.26. The molecule has 0 heterocycles. The van der Waals surface area contributed by atoms with Gasteiger partial charge in [0.25, 0.3) is 0 Å². The van der Waals surface area contributed by atoms with Crippen LogP contribution in [-0.2, 0) is 14.6 Å². The van der Waals surface area contributed by atoms with E-state index in [9.17, 15) is 13.2 Å². The molecule has 1 aromatic carbocycles. The molecule has 0 radical (unpaired) electrons. The Kier molecular flexibility index (Phi) is 5.43. The molecule has 98 valence electrons. The van der Waals surface area contributed by atoms with Crippen LogP contribution in [0.25, 0.3) is 0 Å². The largest absolute Gasteiger partial charge is 0.352 e. The van der Waals surface area contributed by atoms with Gasteiger partial charge in [-0.25, -0.2) is 8.42 Å². The topological polar surface area (TPSA) is 63.2 Å². The van der Waals surface area contributed by atoms with Crippen molar-refractivity contribution in [2.45, 2.75) is 9.79 Å². The lowest BCUT2D eigenvalue weighted by molar-refractivity contribution is -0.118. The maximum absolute atomic E-state index is 11.5. The lowest BCUT2D eigenvalue weighted by Gasteiger charge is -2.07. The minimum Gasteiger partial charge on any atom is -0.352 e. The SMILES string of the molecule is C=CCNC(=O)CSc1ccccc1S(C)(=O)=O. The van der Waals surface area contributed by atoms with Gasteiger partial charge in [0.15, 0.2) is 9.84 Å². The number of hydrogen-bond donors (Lipinski definition) is 1. The first-order chi connectivity index (χ1) is 8.45. The third-order valence-electron chi connectivity index (χ3n) is 2.05. The average Bonchev–Trinajstić information content (AvgIpc) is 2.33. The van der Waals surface area contributed by atoms with E-state index in [0.717, 1.165) is 6.26 Å². The highest BCUT2D eigenvalue weighted by molar-refractivity contribution is 8.00. The molecule has 0 aliphatic heterocycles. The Morgan fingerprint density at radius 1 is 1.44 bits per heavy atom. The fourth-order valence-corrected chi connectivity index (χ4v) is 3.42. The summed E-state index contributed by atoms with van der Waals surface area (Å²) in [5.41, 5.74) is 0. The van der Waals surface area contributed by atoms with Crippen molar-refractivity contribution in [2.24, 2.45) is 0 Å². The first-order valence-corrected chi connectivity index (χ1v) is 8.12. The molecule has 1 amide bonds. The molecule has 0 fully saturated rings. The molecule has 0 bridgehead atoms. The summed E-state index contributed by atoms with van der Waals surface area (Å²) in [7, 11) is -3.27. The van der Waals surface area contributed by atoms with Crippen LogP contribution in [0.1, 0.15) is 0 Å². The number of nitrogens with one attached hydrogen (secondary N) is 1. The van der Waals surface area contributed by atoms with Crippen molar-refractivity contribution in [3.05, 3.63) is 36.9 Å². The number of hydrogen-bond acceptors (Lipinski definition) is 4. The lowest BCUT2D eigenvalue weighted by atomic mass is 10.4. The van der Waals surface area contributed by atoms with Crippen molar-refractivity contribution in [3.8, 4) is 0 Å². The van der Waals surface area contributed by atoms with Crippen molar-refractivity contribution in [3.63, 3.8) is 0 Å². The van der Waals surface area contributed by atoms with E-state index in [1.165, 1.54) is 11.8 Å². The van der Waals surface area contributed by atoms with Crippen molar-refractivity contribution in [1.29, 1.82) is 0 Å². The molecule has 4 nitrogen and oxygen atoms in total. The molecule has 1 rings (SSSR count). The summed E-state index contributed by atoms with van der Waals surface area (Å²) in [6.07, 6.45) is 2.75. The van der Waals surface area contributed by atoms with Crippen LogP contribution in [0.15, 0.2) is 46.7 Å². The van der Waals surface area contributed by atoms with Gasteiger partial charge in [-0.1, -0.05) is 18.2 Å². The van der Waals surface area contributed by atoms with Crippen LogP contribution in [0.5, 0.6) is 0 Å². The second-order valence-electron chi connectivity index (χ2n) is 3.60. The Morgan fingerprint density at radius 2 is 2.11 bits per heavy atom. The summed E-state index contributed by atoms with van der Waals surface area (Å²) < 4.78 is 23.1. The summed E-state index contributed by atoms with van der Waals surface area (Å²) in [6, 6.07) is 6.65. The number of sulfone groups is 1. The van der Waals surface area contributed by atoms with E-state index in [1.54, 1.807) is 30.3 Å². The summed E-state index contributed by atoms with van der Waals surface area (Å²) in [5, 5.41) is 2.63. The van der Waals surface area contributed by atoms with Crippen LogP contribution in [-0.4, -0.2) is 32.9 Å².